The summed E-state index contributed by atoms with van der Waals surface area (Å²) in [7, 11) is 1.59. The van der Waals surface area contributed by atoms with Crippen LogP contribution in [0.15, 0.2) is 24.3 Å². The van der Waals surface area contributed by atoms with Gasteiger partial charge in [-0.1, -0.05) is 0 Å². The highest BCUT2D eigenvalue weighted by atomic mass is 16.6. The highest BCUT2D eigenvalue weighted by molar-refractivity contribution is 5.89. The first-order chi connectivity index (χ1) is 6.92. The number of ether oxygens (including phenoxy) is 2. The summed E-state index contributed by atoms with van der Waals surface area (Å²) in [5.41, 5.74) is 0.0718. The summed E-state index contributed by atoms with van der Waals surface area (Å²) >= 11 is 0. The van der Waals surface area contributed by atoms with Gasteiger partial charge in [-0.2, -0.15) is 0 Å². The summed E-state index contributed by atoms with van der Waals surface area (Å²) in [6.45, 7) is 5.53. The van der Waals surface area contributed by atoms with Crippen LogP contribution in [0.4, 0.5) is 0 Å². The molecule has 0 atom stereocenters. The van der Waals surface area contributed by atoms with Gasteiger partial charge < -0.3 is 9.47 Å². The third-order valence-electron chi connectivity index (χ3n) is 1.72. The van der Waals surface area contributed by atoms with E-state index in [-0.39, 0.29) is 5.97 Å². The van der Waals surface area contributed by atoms with Crippen LogP contribution in [-0.4, -0.2) is 18.7 Å². The zero-order chi connectivity index (χ0) is 11.5. The highest BCUT2D eigenvalue weighted by Crippen LogP contribution is 2.15. The van der Waals surface area contributed by atoms with Crippen molar-refractivity contribution in [2.24, 2.45) is 0 Å². The predicted molar refractivity (Wildman–Crippen MR) is 58.2 cm³/mol. The molecule has 15 heavy (non-hydrogen) atoms. The number of hydrogen-bond donors (Lipinski definition) is 0. The maximum absolute atomic E-state index is 11.6. The molecule has 0 spiro atoms. The van der Waals surface area contributed by atoms with Crippen LogP contribution in [0.5, 0.6) is 5.75 Å². The van der Waals surface area contributed by atoms with Crippen molar-refractivity contribution < 1.29 is 14.3 Å². The molecule has 0 radical (unpaired) electrons. The number of methoxy groups -OCH3 is 1. The Morgan fingerprint density at radius 3 is 2.07 bits per heavy atom. The van der Waals surface area contributed by atoms with Crippen LogP contribution in [0.1, 0.15) is 31.1 Å². The van der Waals surface area contributed by atoms with E-state index < -0.39 is 5.60 Å². The van der Waals surface area contributed by atoms with E-state index in [9.17, 15) is 4.79 Å². The molecule has 0 bridgehead atoms. The number of carbonyl (C=O) groups is 1. The first-order valence-corrected chi connectivity index (χ1v) is 4.80. The Labute approximate surface area is 90.0 Å². The zero-order valence-electron chi connectivity index (χ0n) is 9.53. The number of benzene rings is 1. The van der Waals surface area contributed by atoms with Gasteiger partial charge in [-0.3, -0.25) is 0 Å². The van der Waals surface area contributed by atoms with Gasteiger partial charge in [0.1, 0.15) is 11.4 Å². The number of hydrogen-bond acceptors (Lipinski definition) is 3. The van der Waals surface area contributed by atoms with Crippen LogP contribution < -0.4 is 4.74 Å². The van der Waals surface area contributed by atoms with Crippen molar-refractivity contribution in [1.82, 2.24) is 0 Å². The molecule has 0 aliphatic carbocycles. The number of esters is 1. The van der Waals surface area contributed by atoms with E-state index in [1.165, 1.54) is 0 Å². The van der Waals surface area contributed by atoms with Crippen molar-refractivity contribution in [3.8, 4) is 5.75 Å². The van der Waals surface area contributed by atoms with Gasteiger partial charge in [0, 0.05) is 0 Å². The first-order valence-electron chi connectivity index (χ1n) is 4.80. The summed E-state index contributed by atoms with van der Waals surface area (Å²) in [5.74, 6) is 0.410. The molecule has 3 nitrogen and oxygen atoms in total. The summed E-state index contributed by atoms with van der Waals surface area (Å²) in [4.78, 5) is 11.6. The van der Waals surface area contributed by atoms with E-state index in [0.29, 0.717) is 5.56 Å². The second-order valence-corrected chi connectivity index (χ2v) is 4.23. The molecule has 0 aromatic heterocycles. The summed E-state index contributed by atoms with van der Waals surface area (Å²) in [6, 6.07) is 6.85. The Bertz CT molecular complexity index is 333. The van der Waals surface area contributed by atoms with E-state index in [0.717, 1.165) is 5.75 Å². The van der Waals surface area contributed by atoms with Crippen molar-refractivity contribution in [3.05, 3.63) is 29.8 Å². The van der Waals surface area contributed by atoms with Gasteiger partial charge in [0.05, 0.1) is 12.7 Å². The lowest BCUT2D eigenvalue weighted by Crippen LogP contribution is -2.23. The number of rotatable bonds is 2. The Hall–Kier alpha value is -1.51. The SMILES string of the molecule is COc1ccc(C(=O)OC(C)(C)C)cc1. The van der Waals surface area contributed by atoms with Crippen molar-refractivity contribution >= 4 is 5.97 Å². The molecule has 0 saturated carbocycles. The van der Waals surface area contributed by atoms with Crippen molar-refractivity contribution in [3.63, 3.8) is 0 Å². The Morgan fingerprint density at radius 1 is 1.13 bits per heavy atom. The average molecular weight is 208 g/mol. The van der Waals surface area contributed by atoms with Crippen molar-refractivity contribution in [2.75, 3.05) is 7.11 Å². The minimum atomic E-state index is -0.461. The smallest absolute Gasteiger partial charge is 0.338 e. The fraction of sp³-hybridized carbons (Fsp3) is 0.417. The van der Waals surface area contributed by atoms with Gasteiger partial charge in [-0.05, 0) is 45.0 Å². The van der Waals surface area contributed by atoms with Gasteiger partial charge >= 0.3 is 5.97 Å². The van der Waals surface area contributed by atoms with Gasteiger partial charge in [0.2, 0.25) is 0 Å². The molecule has 0 amide bonds. The van der Waals surface area contributed by atoms with Crippen LogP contribution in [-0.2, 0) is 4.74 Å². The van der Waals surface area contributed by atoms with Crippen molar-refractivity contribution in [1.29, 1.82) is 0 Å². The largest absolute Gasteiger partial charge is 0.497 e. The maximum atomic E-state index is 11.6. The fourth-order valence-electron chi connectivity index (χ4n) is 1.06. The number of carbonyl (C=O) groups excluding carboxylic acids is 1. The molecule has 0 saturated heterocycles. The normalized spacial score (nSPS) is 10.9. The lowest BCUT2D eigenvalue weighted by atomic mass is 10.1. The van der Waals surface area contributed by atoms with Crippen LogP contribution in [0.3, 0.4) is 0 Å². The molecule has 0 aliphatic heterocycles. The van der Waals surface area contributed by atoms with Gasteiger partial charge in [0.15, 0.2) is 0 Å². The molecule has 1 aromatic carbocycles. The zero-order valence-corrected chi connectivity index (χ0v) is 9.53. The van der Waals surface area contributed by atoms with Crippen LogP contribution in [0.2, 0.25) is 0 Å². The third-order valence-corrected chi connectivity index (χ3v) is 1.72. The van der Waals surface area contributed by atoms with Gasteiger partial charge in [0.25, 0.3) is 0 Å². The van der Waals surface area contributed by atoms with Crippen LogP contribution >= 0.6 is 0 Å². The molecule has 3 heteroatoms. The molecule has 0 heterocycles. The summed E-state index contributed by atoms with van der Waals surface area (Å²) in [5, 5.41) is 0. The van der Waals surface area contributed by atoms with Crippen LogP contribution in [0.25, 0.3) is 0 Å². The van der Waals surface area contributed by atoms with Gasteiger partial charge in [-0.25, -0.2) is 4.79 Å². The quantitative estimate of drug-likeness (QED) is 0.701. The summed E-state index contributed by atoms with van der Waals surface area (Å²) in [6.07, 6.45) is 0. The fourth-order valence-corrected chi connectivity index (χ4v) is 1.06. The van der Waals surface area contributed by atoms with E-state index in [4.69, 9.17) is 9.47 Å². The minimum absolute atomic E-state index is 0.315. The molecular formula is C12H16O3. The monoisotopic (exact) mass is 208 g/mol. The lowest BCUT2D eigenvalue weighted by molar-refractivity contribution is 0.00695. The standard InChI is InChI=1S/C12H16O3/c1-12(2,3)15-11(13)9-5-7-10(14-4)8-6-9/h5-8H,1-4H3. The molecule has 0 aliphatic rings. The van der Waals surface area contributed by atoms with Crippen molar-refractivity contribution in [2.45, 2.75) is 26.4 Å². The predicted octanol–water partition coefficient (Wildman–Crippen LogP) is 2.65. The van der Waals surface area contributed by atoms with E-state index in [2.05, 4.69) is 0 Å². The molecule has 1 aromatic rings. The Morgan fingerprint density at radius 2 is 1.67 bits per heavy atom. The second kappa shape index (κ2) is 4.34. The highest BCUT2D eigenvalue weighted by Gasteiger charge is 2.17. The Kier molecular flexibility index (Phi) is 3.35. The average Bonchev–Trinajstić information content (AvgIpc) is 2.15. The molecule has 0 unspecified atom stereocenters. The molecule has 0 N–H and O–H groups in total. The topological polar surface area (TPSA) is 35.5 Å². The Balaban J connectivity index is 2.75. The molecule has 1 rings (SSSR count). The first kappa shape index (κ1) is 11.6. The third kappa shape index (κ3) is 3.62. The summed E-state index contributed by atoms with van der Waals surface area (Å²) < 4.78 is 10.2. The minimum Gasteiger partial charge on any atom is -0.497 e. The lowest BCUT2D eigenvalue weighted by Gasteiger charge is -2.19. The van der Waals surface area contributed by atoms with Crippen LogP contribution in [0, 0.1) is 0 Å². The van der Waals surface area contributed by atoms with Gasteiger partial charge in [-0.15, -0.1) is 0 Å². The molecule has 0 fully saturated rings. The molecular weight excluding hydrogens is 192 g/mol. The van der Waals surface area contributed by atoms with E-state index >= 15 is 0 Å². The second-order valence-electron chi connectivity index (χ2n) is 4.23. The molecule has 82 valence electrons. The van der Waals surface area contributed by atoms with E-state index in [1.807, 2.05) is 20.8 Å². The maximum Gasteiger partial charge on any atom is 0.338 e. The van der Waals surface area contributed by atoms with E-state index in [1.54, 1.807) is 31.4 Å².